The standard InChI is InChI=1S/C17H12F2N2O2/c1-23-17(22)16-9-14(11-4-2-3-5-13(11)20-16)21-15-8-10(18)6-7-12(15)19/h2-9H,1H3,(H,20,21). The minimum absolute atomic E-state index is 0.0304. The number of ether oxygens (including phenoxy) is 1. The van der Waals surface area contributed by atoms with E-state index in [0.29, 0.717) is 16.6 Å². The summed E-state index contributed by atoms with van der Waals surface area (Å²) in [5.74, 6) is -1.79. The maximum atomic E-state index is 13.8. The van der Waals surface area contributed by atoms with Crippen molar-refractivity contribution in [2.75, 3.05) is 12.4 Å². The molecule has 3 aromatic rings. The average molecular weight is 314 g/mol. The fourth-order valence-electron chi connectivity index (χ4n) is 2.23. The molecule has 0 unspecified atom stereocenters. The second kappa shape index (κ2) is 6.00. The maximum absolute atomic E-state index is 13.8. The van der Waals surface area contributed by atoms with Crippen molar-refractivity contribution in [1.82, 2.24) is 4.98 Å². The highest BCUT2D eigenvalue weighted by Crippen LogP contribution is 2.28. The first-order valence-electron chi connectivity index (χ1n) is 6.78. The molecule has 1 aromatic heterocycles. The van der Waals surface area contributed by atoms with Crippen molar-refractivity contribution in [3.8, 4) is 0 Å². The number of halogens is 2. The average Bonchev–Trinajstić information content (AvgIpc) is 2.57. The molecule has 2 aromatic carbocycles. The number of carbonyl (C=O) groups excluding carboxylic acids is 1. The lowest BCUT2D eigenvalue weighted by Gasteiger charge is -2.12. The molecule has 0 fully saturated rings. The summed E-state index contributed by atoms with van der Waals surface area (Å²) in [5.41, 5.74) is 1.01. The summed E-state index contributed by atoms with van der Waals surface area (Å²) in [7, 11) is 1.25. The Bertz CT molecular complexity index is 897. The molecule has 3 rings (SSSR count). The molecular formula is C17H12F2N2O2. The minimum Gasteiger partial charge on any atom is -0.464 e. The fraction of sp³-hybridized carbons (Fsp3) is 0.0588. The second-order valence-electron chi connectivity index (χ2n) is 4.81. The first kappa shape index (κ1) is 14.9. The molecule has 0 saturated carbocycles. The third-order valence-corrected chi connectivity index (χ3v) is 3.31. The quantitative estimate of drug-likeness (QED) is 0.741. The number of aromatic nitrogens is 1. The molecule has 0 amide bonds. The van der Waals surface area contributed by atoms with Gasteiger partial charge in [-0.1, -0.05) is 18.2 Å². The zero-order valence-corrected chi connectivity index (χ0v) is 12.1. The van der Waals surface area contributed by atoms with Crippen LogP contribution < -0.4 is 5.32 Å². The number of pyridine rings is 1. The SMILES string of the molecule is COC(=O)c1cc(Nc2cc(F)ccc2F)c2ccccc2n1. The van der Waals surface area contributed by atoms with Crippen molar-refractivity contribution in [2.45, 2.75) is 0 Å². The van der Waals surface area contributed by atoms with Crippen LogP contribution in [0.1, 0.15) is 10.5 Å². The van der Waals surface area contributed by atoms with Crippen LogP contribution in [0.2, 0.25) is 0 Å². The molecule has 0 atom stereocenters. The molecule has 1 heterocycles. The summed E-state index contributed by atoms with van der Waals surface area (Å²) in [6, 6.07) is 11.6. The number of carbonyl (C=O) groups is 1. The van der Waals surface area contributed by atoms with Crippen molar-refractivity contribution in [3.05, 3.63) is 65.9 Å². The van der Waals surface area contributed by atoms with Crippen LogP contribution in [0.5, 0.6) is 0 Å². The lowest BCUT2D eigenvalue weighted by atomic mass is 10.1. The van der Waals surface area contributed by atoms with Crippen LogP contribution in [0.25, 0.3) is 10.9 Å². The fourth-order valence-corrected chi connectivity index (χ4v) is 2.23. The Hall–Kier alpha value is -3.02. The lowest BCUT2D eigenvalue weighted by molar-refractivity contribution is 0.0594. The van der Waals surface area contributed by atoms with Crippen LogP contribution >= 0.6 is 0 Å². The number of hydrogen-bond acceptors (Lipinski definition) is 4. The second-order valence-corrected chi connectivity index (χ2v) is 4.81. The van der Waals surface area contributed by atoms with Gasteiger partial charge in [0.2, 0.25) is 0 Å². The third-order valence-electron chi connectivity index (χ3n) is 3.31. The van der Waals surface area contributed by atoms with Crippen molar-refractivity contribution in [2.24, 2.45) is 0 Å². The molecule has 0 saturated heterocycles. The number of fused-ring (bicyclic) bond motifs is 1. The summed E-state index contributed by atoms with van der Waals surface area (Å²) < 4.78 is 31.8. The van der Waals surface area contributed by atoms with E-state index in [2.05, 4.69) is 15.0 Å². The van der Waals surface area contributed by atoms with E-state index in [-0.39, 0.29) is 11.4 Å². The Morgan fingerprint density at radius 1 is 1.09 bits per heavy atom. The van der Waals surface area contributed by atoms with Gasteiger partial charge in [-0.2, -0.15) is 0 Å². The van der Waals surface area contributed by atoms with E-state index in [9.17, 15) is 13.6 Å². The van der Waals surface area contributed by atoms with Gasteiger partial charge < -0.3 is 10.1 Å². The highest BCUT2D eigenvalue weighted by atomic mass is 19.1. The maximum Gasteiger partial charge on any atom is 0.356 e. The highest BCUT2D eigenvalue weighted by molar-refractivity contribution is 5.98. The van der Waals surface area contributed by atoms with E-state index in [4.69, 9.17) is 0 Å². The van der Waals surface area contributed by atoms with E-state index in [1.165, 1.54) is 13.2 Å². The van der Waals surface area contributed by atoms with E-state index >= 15 is 0 Å². The van der Waals surface area contributed by atoms with Gasteiger partial charge in [0.15, 0.2) is 5.69 Å². The van der Waals surface area contributed by atoms with Gasteiger partial charge in [0.1, 0.15) is 11.6 Å². The van der Waals surface area contributed by atoms with Gasteiger partial charge in [0.25, 0.3) is 0 Å². The van der Waals surface area contributed by atoms with Crippen LogP contribution in [-0.2, 0) is 4.74 Å². The number of para-hydroxylation sites is 1. The largest absolute Gasteiger partial charge is 0.464 e. The first-order valence-corrected chi connectivity index (χ1v) is 6.78. The summed E-state index contributed by atoms with van der Waals surface area (Å²) in [6.07, 6.45) is 0. The van der Waals surface area contributed by atoms with E-state index in [0.717, 1.165) is 18.2 Å². The molecule has 0 spiro atoms. The molecule has 4 nitrogen and oxygen atoms in total. The summed E-state index contributed by atoms with van der Waals surface area (Å²) in [4.78, 5) is 15.9. The van der Waals surface area contributed by atoms with Crippen LogP contribution in [0.15, 0.2) is 48.5 Å². The molecule has 1 N–H and O–H groups in total. The first-order chi connectivity index (χ1) is 11.1. The molecule has 6 heteroatoms. The molecule has 23 heavy (non-hydrogen) atoms. The number of rotatable bonds is 3. The molecule has 0 radical (unpaired) electrons. The zero-order chi connectivity index (χ0) is 16.4. The van der Waals surface area contributed by atoms with E-state index in [1.54, 1.807) is 24.3 Å². The van der Waals surface area contributed by atoms with Crippen LogP contribution in [0.4, 0.5) is 20.2 Å². The molecular weight excluding hydrogens is 302 g/mol. The zero-order valence-electron chi connectivity index (χ0n) is 12.1. The van der Waals surface area contributed by atoms with E-state index < -0.39 is 17.6 Å². The highest BCUT2D eigenvalue weighted by Gasteiger charge is 2.13. The number of nitrogens with one attached hydrogen (secondary N) is 1. The van der Waals surface area contributed by atoms with Crippen molar-refractivity contribution in [1.29, 1.82) is 0 Å². The molecule has 0 aliphatic heterocycles. The minimum atomic E-state index is -0.612. The molecule has 116 valence electrons. The van der Waals surface area contributed by atoms with Crippen molar-refractivity contribution < 1.29 is 18.3 Å². The van der Waals surface area contributed by atoms with Gasteiger partial charge >= 0.3 is 5.97 Å². The van der Waals surface area contributed by atoms with E-state index in [1.807, 2.05) is 0 Å². The van der Waals surface area contributed by atoms with Crippen molar-refractivity contribution in [3.63, 3.8) is 0 Å². The number of hydrogen-bond donors (Lipinski definition) is 1. The Kier molecular flexibility index (Phi) is 3.89. The predicted molar refractivity (Wildman–Crippen MR) is 82.7 cm³/mol. The summed E-state index contributed by atoms with van der Waals surface area (Å²) in [5, 5.41) is 3.48. The lowest BCUT2D eigenvalue weighted by Crippen LogP contribution is -2.06. The van der Waals surface area contributed by atoms with Gasteiger partial charge in [-0.25, -0.2) is 18.6 Å². The van der Waals surface area contributed by atoms with Crippen LogP contribution in [-0.4, -0.2) is 18.1 Å². The molecule has 0 aliphatic rings. The van der Waals surface area contributed by atoms with Crippen molar-refractivity contribution >= 4 is 28.2 Å². The summed E-state index contributed by atoms with van der Waals surface area (Å²) >= 11 is 0. The molecule has 0 aliphatic carbocycles. The molecule has 0 bridgehead atoms. The number of anilines is 2. The Balaban J connectivity index is 2.15. The predicted octanol–water partition coefficient (Wildman–Crippen LogP) is 4.04. The number of benzene rings is 2. The smallest absolute Gasteiger partial charge is 0.356 e. The topological polar surface area (TPSA) is 51.2 Å². The Morgan fingerprint density at radius 3 is 2.65 bits per heavy atom. The Labute approximate surface area is 130 Å². The monoisotopic (exact) mass is 314 g/mol. The summed E-state index contributed by atoms with van der Waals surface area (Å²) in [6.45, 7) is 0. The normalized spacial score (nSPS) is 10.6. The van der Waals surface area contributed by atoms with Crippen LogP contribution in [0.3, 0.4) is 0 Å². The van der Waals surface area contributed by atoms with Gasteiger partial charge in [-0.3, -0.25) is 0 Å². The number of esters is 1. The Morgan fingerprint density at radius 2 is 1.87 bits per heavy atom. The van der Waals surface area contributed by atoms with Gasteiger partial charge in [-0.05, 0) is 24.3 Å². The number of methoxy groups -OCH3 is 1. The van der Waals surface area contributed by atoms with Crippen LogP contribution in [0, 0.1) is 11.6 Å². The van der Waals surface area contributed by atoms with Gasteiger partial charge in [0.05, 0.1) is 24.0 Å². The van der Waals surface area contributed by atoms with Gasteiger partial charge in [-0.15, -0.1) is 0 Å². The number of nitrogens with zero attached hydrogens (tertiary/aromatic N) is 1. The third kappa shape index (κ3) is 2.96. The van der Waals surface area contributed by atoms with Gasteiger partial charge in [0, 0.05) is 11.5 Å².